The van der Waals surface area contributed by atoms with Crippen molar-refractivity contribution >= 4 is 51.5 Å². The van der Waals surface area contributed by atoms with E-state index < -0.39 is 19.6 Å². The van der Waals surface area contributed by atoms with Crippen LogP contribution in [0.5, 0.6) is 11.5 Å². The second-order valence-electron chi connectivity index (χ2n) is 4.13. The first-order valence-corrected chi connectivity index (χ1v) is 9.06. The molecule has 0 atom stereocenters. The van der Waals surface area contributed by atoms with Crippen LogP contribution in [0.2, 0.25) is 0 Å². The van der Waals surface area contributed by atoms with Crippen LogP contribution in [0.4, 0.5) is 9.59 Å². The highest BCUT2D eigenvalue weighted by atomic mass is 79.9. The summed E-state index contributed by atoms with van der Waals surface area (Å²) in [5, 5.41) is 0. The zero-order valence-corrected chi connectivity index (χ0v) is 15.2. The molecular weight excluding hydrogens is 456 g/mol. The van der Waals surface area contributed by atoms with Gasteiger partial charge in [-0.3, -0.25) is 0 Å². The second kappa shape index (κ2) is 7.24. The van der Waals surface area contributed by atoms with Crippen molar-refractivity contribution in [1.82, 2.24) is 0 Å². The first-order valence-electron chi connectivity index (χ1n) is 5.99. The van der Waals surface area contributed by atoms with Crippen molar-refractivity contribution < 1.29 is 27.5 Å². The van der Waals surface area contributed by atoms with Gasteiger partial charge in [0.25, 0.3) is 0 Å². The SMILES string of the molecule is O=C(Br)Oc1ccc(S(=O)(=O)c2ccc(OC(=O)Br)cc2)cc1. The minimum absolute atomic E-state index is 0.0390. The lowest BCUT2D eigenvalue weighted by Crippen LogP contribution is -2.03. The molecule has 0 saturated heterocycles. The van der Waals surface area contributed by atoms with Crippen molar-refractivity contribution in [3.8, 4) is 11.5 Å². The maximum atomic E-state index is 12.5. The van der Waals surface area contributed by atoms with Crippen LogP contribution in [0.25, 0.3) is 0 Å². The molecule has 0 N–H and O–H groups in total. The van der Waals surface area contributed by atoms with E-state index >= 15 is 0 Å². The smallest absolute Gasteiger partial charge is 0.379 e. The Morgan fingerprint density at radius 3 is 1.26 bits per heavy atom. The van der Waals surface area contributed by atoms with E-state index in [-0.39, 0.29) is 21.3 Å². The highest BCUT2D eigenvalue weighted by Crippen LogP contribution is 2.25. The Morgan fingerprint density at radius 2 is 1.00 bits per heavy atom. The number of rotatable bonds is 4. The van der Waals surface area contributed by atoms with Crippen molar-refractivity contribution in [3.63, 3.8) is 0 Å². The first-order chi connectivity index (χ1) is 10.8. The number of sulfone groups is 1. The van der Waals surface area contributed by atoms with Crippen molar-refractivity contribution in [2.24, 2.45) is 0 Å². The van der Waals surface area contributed by atoms with Crippen LogP contribution in [0.15, 0.2) is 58.3 Å². The maximum absolute atomic E-state index is 12.5. The van der Waals surface area contributed by atoms with Crippen molar-refractivity contribution in [2.45, 2.75) is 9.79 Å². The maximum Gasteiger partial charge on any atom is 0.379 e. The highest BCUT2D eigenvalue weighted by molar-refractivity contribution is 9.18. The number of ether oxygens (including phenoxy) is 2. The third-order valence-electron chi connectivity index (χ3n) is 2.66. The Labute approximate surface area is 148 Å². The molecule has 0 unspecified atom stereocenters. The number of hydrogen-bond acceptors (Lipinski definition) is 6. The van der Waals surface area contributed by atoms with E-state index in [0.29, 0.717) is 0 Å². The molecule has 120 valence electrons. The Kier molecular flexibility index (Phi) is 5.55. The van der Waals surface area contributed by atoms with E-state index in [1.165, 1.54) is 48.5 Å². The molecule has 0 aliphatic rings. The van der Waals surface area contributed by atoms with Gasteiger partial charge in [-0.15, -0.1) is 0 Å². The van der Waals surface area contributed by atoms with E-state index in [4.69, 9.17) is 9.47 Å². The summed E-state index contributed by atoms with van der Waals surface area (Å²) in [6.07, 6.45) is 0. The largest absolute Gasteiger partial charge is 0.418 e. The van der Waals surface area contributed by atoms with Crippen LogP contribution in [-0.2, 0) is 9.84 Å². The van der Waals surface area contributed by atoms with Gasteiger partial charge in [-0.25, -0.2) is 18.0 Å². The molecule has 0 aliphatic carbocycles. The van der Waals surface area contributed by atoms with Gasteiger partial charge < -0.3 is 9.47 Å². The lowest BCUT2D eigenvalue weighted by atomic mass is 10.3. The van der Waals surface area contributed by atoms with Crippen LogP contribution < -0.4 is 9.47 Å². The number of benzene rings is 2. The van der Waals surface area contributed by atoms with Gasteiger partial charge in [-0.05, 0) is 48.5 Å². The number of hydrogen-bond donors (Lipinski definition) is 0. The van der Waals surface area contributed by atoms with Gasteiger partial charge in [0.05, 0.1) is 9.79 Å². The molecule has 6 nitrogen and oxygen atoms in total. The summed E-state index contributed by atoms with van der Waals surface area (Å²) >= 11 is 5.22. The molecule has 0 amide bonds. The average Bonchev–Trinajstić information content (AvgIpc) is 2.47. The fourth-order valence-electron chi connectivity index (χ4n) is 1.70. The molecule has 2 rings (SSSR count). The van der Waals surface area contributed by atoms with Gasteiger partial charge in [0.15, 0.2) is 0 Å². The normalized spacial score (nSPS) is 10.9. The standard InChI is InChI=1S/C14H8Br2O6S/c15-13(17)21-9-1-5-11(6-2-9)23(19,20)12-7-3-10(4-8-12)22-14(16)18/h1-8H. The molecule has 0 aliphatic heterocycles. The van der Waals surface area contributed by atoms with Crippen LogP contribution >= 0.6 is 31.9 Å². The van der Waals surface area contributed by atoms with E-state index in [1.807, 2.05) is 0 Å². The summed E-state index contributed by atoms with van der Waals surface area (Å²) in [7, 11) is -3.73. The fourth-order valence-corrected chi connectivity index (χ4v) is 3.33. The fraction of sp³-hybridized carbons (Fsp3) is 0. The molecule has 0 radical (unpaired) electrons. The first kappa shape index (κ1) is 17.6. The summed E-state index contributed by atoms with van der Waals surface area (Å²) in [5.41, 5.74) is 0. The molecule has 0 spiro atoms. The number of carbonyl (C=O) groups is 2. The van der Waals surface area contributed by atoms with Crippen LogP contribution in [0.3, 0.4) is 0 Å². The minimum Gasteiger partial charge on any atom is -0.418 e. The highest BCUT2D eigenvalue weighted by Gasteiger charge is 2.18. The van der Waals surface area contributed by atoms with Gasteiger partial charge in [0.2, 0.25) is 9.84 Å². The molecular formula is C14H8Br2O6S. The lowest BCUT2D eigenvalue weighted by Gasteiger charge is -2.07. The molecule has 9 heteroatoms. The third-order valence-corrected chi connectivity index (χ3v) is 4.77. The predicted molar refractivity (Wildman–Crippen MR) is 88.2 cm³/mol. The summed E-state index contributed by atoms with van der Waals surface area (Å²) in [5.74, 6) is 0.427. The van der Waals surface area contributed by atoms with Crippen molar-refractivity contribution in [2.75, 3.05) is 0 Å². The predicted octanol–water partition coefficient (Wildman–Crippen LogP) is 4.31. The second-order valence-corrected chi connectivity index (χ2v) is 7.37. The average molecular weight is 464 g/mol. The molecule has 0 fully saturated rings. The third kappa shape index (κ3) is 4.63. The molecule has 0 aromatic heterocycles. The van der Waals surface area contributed by atoms with Crippen LogP contribution in [0.1, 0.15) is 0 Å². The van der Waals surface area contributed by atoms with Gasteiger partial charge >= 0.3 is 9.76 Å². The molecule has 23 heavy (non-hydrogen) atoms. The van der Waals surface area contributed by atoms with Crippen LogP contribution in [0, 0.1) is 0 Å². The number of carbonyl (C=O) groups excluding carboxylic acids is 2. The molecule has 0 heterocycles. The van der Waals surface area contributed by atoms with E-state index in [1.54, 1.807) is 0 Å². The summed E-state index contributed by atoms with van der Waals surface area (Å²) < 4.78 is 34.5. The van der Waals surface area contributed by atoms with Crippen molar-refractivity contribution in [1.29, 1.82) is 0 Å². The van der Waals surface area contributed by atoms with E-state index in [9.17, 15) is 18.0 Å². The summed E-state index contributed by atoms with van der Waals surface area (Å²) in [4.78, 5) is 20.2. The zero-order valence-electron chi connectivity index (χ0n) is 11.2. The summed E-state index contributed by atoms with van der Waals surface area (Å²) in [6, 6.07) is 10.8. The number of halogens is 2. The molecule has 2 aromatic rings. The van der Waals surface area contributed by atoms with Gasteiger partial charge in [0.1, 0.15) is 11.5 Å². The Hall–Kier alpha value is -1.71. The van der Waals surface area contributed by atoms with E-state index in [0.717, 1.165) is 0 Å². The van der Waals surface area contributed by atoms with Gasteiger partial charge in [-0.2, -0.15) is 0 Å². The summed E-state index contributed by atoms with van der Waals surface area (Å²) in [6.45, 7) is 0. The van der Waals surface area contributed by atoms with Gasteiger partial charge in [-0.1, -0.05) is 0 Å². The van der Waals surface area contributed by atoms with Crippen molar-refractivity contribution in [3.05, 3.63) is 48.5 Å². The quantitative estimate of drug-likeness (QED) is 0.628. The van der Waals surface area contributed by atoms with Crippen LogP contribution in [-0.4, -0.2) is 18.2 Å². The Balaban J connectivity index is 2.27. The molecule has 0 bridgehead atoms. The Bertz CT molecular complexity index is 763. The zero-order chi connectivity index (χ0) is 17.0. The van der Waals surface area contributed by atoms with E-state index in [2.05, 4.69) is 31.9 Å². The Morgan fingerprint density at radius 1 is 0.696 bits per heavy atom. The topological polar surface area (TPSA) is 86.7 Å². The molecule has 0 saturated carbocycles. The molecule has 2 aromatic carbocycles. The minimum atomic E-state index is -3.73. The monoisotopic (exact) mass is 462 g/mol. The van der Waals surface area contributed by atoms with Gasteiger partial charge in [0, 0.05) is 31.9 Å². The lowest BCUT2D eigenvalue weighted by molar-refractivity contribution is 0.227.